The van der Waals surface area contributed by atoms with E-state index in [0.717, 1.165) is 28.8 Å². The van der Waals surface area contributed by atoms with Gasteiger partial charge in [-0.25, -0.2) is 9.61 Å². The summed E-state index contributed by atoms with van der Waals surface area (Å²) in [6.45, 7) is 10.0. The zero-order valence-electron chi connectivity index (χ0n) is 15.7. The molecule has 0 aliphatic carbocycles. The number of rotatable bonds is 7. The molecule has 0 amide bonds. The molecule has 1 aliphatic heterocycles. The minimum atomic E-state index is -3.57. The Balaban J connectivity index is 2.22. The molecule has 25 heavy (non-hydrogen) atoms. The Hall–Kier alpha value is -1.57. The molecule has 2 rings (SSSR count). The number of allylic oxidation sites excluding steroid dienone is 1. The van der Waals surface area contributed by atoms with Crippen molar-refractivity contribution in [3.05, 3.63) is 41.1 Å². The summed E-state index contributed by atoms with van der Waals surface area (Å²) < 4.78 is 34.1. The van der Waals surface area contributed by atoms with E-state index in [9.17, 15) is 8.42 Å². The van der Waals surface area contributed by atoms with Crippen molar-refractivity contribution in [3.63, 3.8) is 0 Å². The van der Waals surface area contributed by atoms with Gasteiger partial charge in [-0.05, 0) is 58.7 Å². The summed E-state index contributed by atoms with van der Waals surface area (Å²) in [4.78, 5) is 0. The van der Waals surface area contributed by atoms with Crippen LogP contribution >= 0.6 is 0 Å². The monoisotopic (exact) mass is 368 g/mol. The fraction of sp³-hybridized carbons (Fsp3) is 0.556. The van der Waals surface area contributed by atoms with Crippen LogP contribution in [0.2, 0.25) is 0 Å². The van der Waals surface area contributed by atoms with Crippen LogP contribution in [0.4, 0.5) is 0 Å². The van der Waals surface area contributed by atoms with Crippen molar-refractivity contribution in [1.29, 1.82) is 0 Å². The minimum absolute atomic E-state index is 0.127. The molecular weight excluding hydrogens is 340 g/mol. The normalized spacial score (nSPS) is 18.6. The van der Waals surface area contributed by atoms with Crippen LogP contribution in [-0.4, -0.2) is 38.1 Å². The Kier molecular flexibility index (Phi) is 6.13. The van der Waals surface area contributed by atoms with E-state index in [4.69, 9.17) is 8.92 Å². The molecule has 1 aromatic rings. The third kappa shape index (κ3) is 5.45. The number of ether oxygens (including phenoxy) is 1. The maximum absolute atomic E-state index is 11.6. The van der Waals surface area contributed by atoms with Gasteiger partial charge in [0.05, 0.1) is 12.4 Å². The van der Waals surface area contributed by atoms with E-state index in [1.165, 1.54) is 0 Å². The van der Waals surface area contributed by atoms with Crippen LogP contribution in [0.15, 0.2) is 35.5 Å². The average Bonchev–Trinajstić information content (AvgIpc) is 2.76. The molecule has 140 valence electrons. The molecule has 6 nitrogen and oxygen atoms in total. The average molecular weight is 368 g/mol. The molecule has 1 unspecified atom stereocenters. The number of hydrogen-bond donors (Lipinski definition) is 1. The van der Waals surface area contributed by atoms with Gasteiger partial charge in [0.1, 0.15) is 5.75 Å². The second-order valence-corrected chi connectivity index (χ2v) is 8.47. The number of nitrogens with one attached hydrogen (secondary N) is 1. The predicted octanol–water partition coefficient (Wildman–Crippen LogP) is 2.82. The minimum Gasteiger partial charge on any atom is -0.491 e. The van der Waals surface area contributed by atoms with Gasteiger partial charge in [-0.1, -0.05) is 12.1 Å². The summed E-state index contributed by atoms with van der Waals surface area (Å²) in [5.41, 5.74) is 6.11. The van der Waals surface area contributed by atoms with Gasteiger partial charge in [0.2, 0.25) is 0 Å². The highest BCUT2D eigenvalue weighted by molar-refractivity contribution is 7.86. The lowest BCUT2D eigenvalue weighted by Gasteiger charge is -2.25. The van der Waals surface area contributed by atoms with Crippen LogP contribution in [0, 0.1) is 0 Å². The Bertz CT molecular complexity index is 724. The van der Waals surface area contributed by atoms with Crippen molar-refractivity contribution in [1.82, 2.24) is 10.4 Å². The summed E-state index contributed by atoms with van der Waals surface area (Å²) in [5, 5.41) is 1.95. The molecule has 0 radical (unpaired) electrons. The first-order valence-corrected chi connectivity index (χ1v) is 10.3. The lowest BCUT2D eigenvalue weighted by Crippen LogP contribution is -2.43. The molecule has 0 saturated carbocycles. The first kappa shape index (κ1) is 19.8. The van der Waals surface area contributed by atoms with Crippen LogP contribution < -0.4 is 10.2 Å². The number of hydrazine groups is 1. The van der Waals surface area contributed by atoms with Crippen LogP contribution in [0.3, 0.4) is 0 Å². The zero-order valence-corrected chi connectivity index (χ0v) is 16.6. The van der Waals surface area contributed by atoms with Crippen LogP contribution in [0.1, 0.15) is 40.2 Å². The van der Waals surface area contributed by atoms with Crippen molar-refractivity contribution < 1.29 is 17.3 Å². The molecule has 0 fully saturated rings. The van der Waals surface area contributed by atoms with Gasteiger partial charge in [-0.3, -0.25) is 0 Å². The first-order valence-electron chi connectivity index (χ1n) is 8.45. The first-order chi connectivity index (χ1) is 11.6. The van der Waals surface area contributed by atoms with Crippen LogP contribution in [0.5, 0.6) is 5.75 Å². The maximum atomic E-state index is 11.6. The van der Waals surface area contributed by atoms with E-state index in [1.807, 2.05) is 63.9 Å². The number of nitrogens with zero attached hydrogens (tertiary/aromatic N) is 1. The molecule has 1 N–H and O–H groups in total. The van der Waals surface area contributed by atoms with Gasteiger partial charge in [-0.15, -0.1) is 0 Å². The Morgan fingerprint density at radius 2 is 1.76 bits per heavy atom. The third-order valence-corrected chi connectivity index (χ3v) is 4.42. The Labute approximate surface area is 150 Å². The van der Waals surface area contributed by atoms with E-state index in [-0.39, 0.29) is 12.1 Å². The summed E-state index contributed by atoms with van der Waals surface area (Å²) in [6, 6.07) is 8.03. The highest BCUT2D eigenvalue weighted by Crippen LogP contribution is 2.28. The highest BCUT2D eigenvalue weighted by Gasteiger charge is 2.33. The van der Waals surface area contributed by atoms with E-state index >= 15 is 0 Å². The lowest BCUT2D eigenvalue weighted by molar-refractivity contribution is 0.114. The largest absolute Gasteiger partial charge is 0.491 e. The van der Waals surface area contributed by atoms with Gasteiger partial charge in [0.15, 0.2) is 6.23 Å². The van der Waals surface area contributed by atoms with Crippen molar-refractivity contribution in [2.45, 2.75) is 59.4 Å². The summed E-state index contributed by atoms with van der Waals surface area (Å²) in [6.07, 6.45) is 1.12. The van der Waals surface area contributed by atoms with Crippen molar-refractivity contribution in [3.8, 4) is 5.75 Å². The maximum Gasteiger partial charge on any atom is 0.266 e. The number of hydrogen-bond acceptors (Lipinski definition) is 6. The van der Waals surface area contributed by atoms with Crippen molar-refractivity contribution in [2.24, 2.45) is 0 Å². The number of benzene rings is 1. The Morgan fingerprint density at radius 3 is 2.24 bits per heavy atom. The smallest absolute Gasteiger partial charge is 0.266 e. The van der Waals surface area contributed by atoms with Gasteiger partial charge in [-0.2, -0.15) is 8.42 Å². The van der Waals surface area contributed by atoms with Crippen LogP contribution in [0.25, 0.3) is 0 Å². The van der Waals surface area contributed by atoms with E-state index in [1.54, 1.807) is 0 Å². The lowest BCUT2D eigenvalue weighted by atomic mass is 10.0. The van der Waals surface area contributed by atoms with Gasteiger partial charge in [0, 0.05) is 17.3 Å². The van der Waals surface area contributed by atoms with E-state index in [2.05, 4.69) is 5.43 Å². The standard InChI is InChI=1S/C18H28N2O4S/c1-12(2)20-14(5)17(18(19-20)24-25(6,21)22)11-15-7-9-16(10-8-15)23-13(3)4/h7-10,12-13,18-19H,11H2,1-6H3. The van der Waals surface area contributed by atoms with Crippen molar-refractivity contribution in [2.75, 3.05) is 6.26 Å². The van der Waals surface area contributed by atoms with Crippen LogP contribution in [-0.2, 0) is 20.7 Å². The summed E-state index contributed by atoms with van der Waals surface area (Å²) in [5.74, 6) is 0.821. The third-order valence-electron chi connectivity index (χ3n) is 3.88. The van der Waals surface area contributed by atoms with E-state index in [0.29, 0.717) is 6.42 Å². The molecule has 0 saturated heterocycles. The molecule has 7 heteroatoms. The fourth-order valence-corrected chi connectivity index (χ4v) is 3.34. The Morgan fingerprint density at radius 1 is 1.16 bits per heavy atom. The topological polar surface area (TPSA) is 67.9 Å². The second kappa shape index (κ2) is 7.76. The van der Waals surface area contributed by atoms with Gasteiger partial charge >= 0.3 is 0 Å². The summed E-state index contributed by atoms with van der Waals surface area (Å²) >= 11 is 0. The molecule has 1 aromatic carbocycles. The van der Waals surface area contributed by atoms with Gasteiger partial charge in [0.25, 0.3) is 10.1 Å². The predicted molar refractivity (Wildman–Crippen MR) is 98.4 cm³/mol. The fourth-order valence-electron chi connectivity index (χ4n) is 2.83. The molecule has 0 bridgehead atoms. The molecule has 1 heterocycles. The SMILES string of the molecule is CC1=C(Cc2ccc(OC(C)C)cc2)C(OS(C)(=O)=O)NN1C(C)C. The highest BCUT2D eigenvalue weighted by atomic mass is 32.2. The van der Waals surface area contributed by atoms with Crippen molar-refractivity contribution >= 4 is 10.1 Å². The second-order valence-electron chi connectivity index (χ2n) is 6.87. The molecule has 1 atom stereocenters. The summed E-state index contributed by atoms with van der Waals surface area (Å²) in [7, 11) is -3.57. The molecular formula is C18H28N2O4S. The van der Waals surface area contributed by atoms with Gasteiger partial charge < -0.3 is 9.75 Å². The molecule has 1 aliphatic rings. The zero-order chi connectivity index (χ0) is 18.8. The van der Waals surface area contributed by atoms with E-state index < -0.39 is 16.3 Å². The molecule has 0 spiro atoms. The quantitative estimate of drug-likeness (QED) is 0.747. The molecule has 0 aromatic heterocycles.